The van der Waals surface area contributed by atoms with Crippen LogP contribution in [0.25, 0.3) is 11.1 Å². The van der Waals surface area contributed by atoms with Gasteiger partial charge < -0.3 is 10.6 Å². The van der Waals surface area contributed by atoms with Gasteiger partial charge in [0.25, 0.3) is 0 Å². The number of nitrogens with zero attached hydrogens (tertiary/aromatic N) is 1. The number of nitrogens with one attached hydrogen (secondary N) is 3. The Morgan fingerprint density at radius 1 is 0.857 bits per heavy atom. The number of amides is 4. The fraction of sp³-hybridized carbons (Fsp3) is 0.0909. The van der Waals surface area contributed by atoms with Crippen molar-refractivity contribution >= 4 is 29.1 Å². The molecule has 1 heterocycles. The molecule has 140 valence electrons. The van der Waals surface area contributed by atoms with Crippen LogP contribution in [0.5, 0.6) is 0 Å². The summed E-state index contributed by atoms with van der Waals surface area (Å²) >= 11 is 0. The van der Waals surface area contributed by atoms with Gasteiger partial charge in [0.05, 0.1) is 11.4 Å². The minimum Gasteiger partial charge on any atom is -0.382 e. The van der Waals surface area contributed by atoms with Crippen LogP contribution in [0.15, 0.2) is 78.9 Å². The molecular weight excluding hydrogens is 352 g/mol. The van der Waals surface area contributed by atoms with Crippen LogP contribution in [0.3, 0.4) is 0 Å². The highest BCUT2D eigenvalue weighted by atomic mass is 16.2. The Kier molecular flexibility index (Phi) is 4.93. The largest absolute Gasteiger partial charge is 0.382 e. The third-order valence-electron chi connectivity index (χ3n) is 4.54. The summed E-state index contributed by atoms with van der Waals surface area (Å²) in [5, 5.41) is 8.38. The summed E-state index contributed by atoms with van der Waals surface area (Å²) in [5.41, 5.74) is 4.29. The van der Waals surface area contributed by atoms with E-state index in [-0.39, 0.29) is 0 Å². The lowest BCUT2D eigenvalue weighted by atomic mass is 10.1. The van der Waals surface area contributed by atoms with Crippen molar-refractivity contribution in [3.05, 3.63) is 78.9 Å². The molecule has 0 radical (unpaired) electrons. The van der Waals surface area contributed by atoms with Crippen LogP contribution < -0.4 is 20.9 Å². The first kappa shape index (κ1) is 17.6. The average molecular weight is 372 g/mol. The number of imide groups is 1. The normalized spacial score (nSPS) is 12.5. The quantitative estimate of drug-likeness (QED) is 0.619. The summed E-state index contributed by atoms with van der Waals surface area (Å²) in [6.45, 7) is 1.12. The molecule has 0 unspecified atom stereocenters. The third-order valence-corrected chi connectivity index (χ3v) is 4.54. The van der Waals surface area contributed by atoms with Crippen LogP contribution in [-0.4, -0.2) is 25.2 Å². The number of anilines is 3. The molecule has 28 heavy (non-hydrogen) atoms. The predicted octanol–water partition coefficient (Wildman–Crippen LogP) is 4.53. The SMILES string of the molecule is O=C(NC(=O)N1CCNc2ccccc21)Nc1cccc(-c2ccccc2)c1. The molecule has 0 saturated carbocycles. The van der Waals surface area contributed by atoms with Gasteiger partial charge in [-0.2, -0.15) is 0 Å². The van der Waals surface area contributed by atoms with Gasteiger partial charge in [-0.25, -0.2) is 9.59 Å². The summed E-state index contributed by atoms with van der Waals surface area (Å²) in [5.74, 6) is 0. The molecule has 3 aromatic rings. The van der Waals surface area contributed by atoms with E-state index in [0.29, 0.717) is 18.8 Å². The summed E-state index contributed by atoms with van der Waals surface area (Å²) in [6, 6.07) is 23.9. The average Bonchev–Trinajstić information content (AvgIpc) is 2.74. The number of carbonyl (C=O) groups is 2. The lowest BCUT2D eigenvalue weighted by Crippen LogP contribution is -2.48. The Hall–Kier alpha value is -3.80. The van der Waals surface area contributed by atoms with E-state index < -0.39 is 12.1 Å². The second-order valence-corrected chi connectivity index (χ2v) is 6.43. The second kappa shape index (κ2) is 7.84. The Morgan fingerprint density at radius 2 is 1.61 bits per heavy atom. The van der Waals surface area contributed by atoms with Crippen LogP contribution in [0.4, 0.5) is 26.7 Å². The summed E-state index contributed by atoms with van der Waals surface area (Å²) in [7, 11) is 0. The van der Waals surface area contributed by atoms with Gasteiger partial charge in [0.15, 0.2) is 0 Å². The van der Waals surface area contributed by atoms with Gasteiger partial charge >= 0.3 is 12.1 Å². The van der Waals surface area contributed by atoms with Crippen LogP contribution in [-0.2, 0) is 0 Å². The molecule has 0 aromatic heterocycles. The second-order valence-electron chi connectivity index (χ2n) is 6.43. The highest BCUT2D eigenvalue weighted by Crippen LogP contribution is 2.28. The maximum atomic E-state index is 12.6. The van der Waals surface area contributed by atoms with Crippen LogP contribution in [0.2, 0.25) is 0 Å². The molecule has 0 spiro atoms. The van der Waals surface area contributed by atoms with Crippen molar-refractivity contribution in [1.29, 1.82) is 0 Å². The lowest BCUT2D eigenvalue weighted by molar-refractivity contribution is 0.236. The number of carbonyl (C=O) groups excluding carboxylic acids is 2. The van der Waals surface area contributed by atoms with Gasteiger partial charge in [-0.3, -0.25) is 10.2 Å². The smallest absolute Gasteiger partial charge is 0.330 e. The molecule has 3 N–H and O–H groups in total. The lowest BCUT2D eigenvalue weighted by Gasteiger charge is -2.30. The molecule has 1 aliphatic heterocycles. The summed E-state index contributed by atoms with van der Waals surface area (Å²) in [6.07, 6.45) is 0. The maximum Gasteiger partial charge on any atom is 0.330 e. The molecule has 6 nitrogen and oxygen atoms in total. The molecule has 0 fully saturated rings. The zero-order valence-corrected chi connectivity index (χ0v) is 15.2. The number of fused-ring (bicyclic) bond motifs is 1. The first-order valence-corrected chi connectivity index (χ1v) is 9.08. The number of rotatable bonds is 2. The van der Waals surface area contributed by atoms with Crippen LogP contribution >= 0.6 is 0 Å². The van der Waals surface area contributed by atoms with E-state index in [1.807, 2.05) is 72.8 Å². The summed E-state index contributed by atoms with van der Waals surface area (Å²) in [4.78, 5) is 26.5. The number of benzene rings is 3. The zero-order chi connectivity index (χ0) is 19.3. The first-order valence-electron chi connectivity index (χ1n) is 9.08. The fourth-order valence-electron chi connectivity index (χ4n) is 3.23. The number of hydrogen-bond acceptors (Lipinski definition) is 3. The van der Waals surface area contributed by atoms with E-state index in [2.05, 4.69) is 16.0 Å². The van der Waals surface area contributed by atoms with Crippen molar-refractivity contribution in [1.82, 2.24) is 5.32 Å². The molecule has 0 saturated heterocycles. The standard InChI is InChI=1S/C22H20N4O2/c27-21(24-18-10-6-9-17(15-18)16-7-2-1-3-8-16)25-22(28)26-14-13-23-19-11-4-5-12-20(19)26/h1-12,15,23H,13-14H2,(H2,24,25,27,28). The molecule has 0 bridgehead atoms. The van der Waals surface area contributed by atoms with Gasteiger partial charge in [0, 0.05) is 18.8 Å². The van der Waals surface area contributed by atoms with E-state index in [1.54, 1.807) is 11.0 Å². The highest BCUT2D eigenvalue weighted by Gasteiger charge is 2.23. The number of hydrogen-bond donors (Lipinski definition) is 3. The minimum atomic E-state index is -0.564. The van der Waals surface area contributed by atoms with Crippen molar-refractivity contribution in [2.45, 2.75) is 0 Å². The number of urea groups is 2. The molecule has 4 rings (SSSR count). The molecule has 0 aliphatic carbocycles. The molecule has 4 amide bonds. The van der Waals surface area contributed by atoms with E-state index in [1.165, 1.54) is 0 Å². The van der Waals surface area contributed by atoms with Crippen LogP contribution in [0.1, 0.15) is 0 Å². The fourth-order valence-corrected chi connectivity index (χ4v) is 3.23. The Labute approximate surface area is 163 Å². The van der Waals surface area contributed by atoms with Gasteiger partial charge in [0.1, 0.15) is 0 Å². The molecule has 0 atom stereocenters. The van der Waals surface area contributed by atoms with E-state index in [0.717, 1.165) is 22.5 Å². The van der Waals surface area contributed by atoms with Gasteiger partial charge in [0.2, 0.25) is 0 Å². The van der Waals surface area contributed by atoms with Gasteiger partial charge in [-0.05, 0) is 35.4 Å². The topological polar surface area (TPSA) is 73.5 Å². The van der Waals surface area contributed by atoms with Crippen molar-refractivity contribution < 1.29 is 9.59 Å². The molecule has 6 heteroatoms. The maximum absolute atomic E-state index is 12.6. The zero-order valence-electron chi connectivity index (χ0n) is 15.2. The van der Waals surface area contributed by atoms with Crippen molar-refractivity contribution in [3.63, 3.8) is 0 Å². The van der Waals surface area contributed by atoms with Crippen molar-refractivity contribution in [2.75, 3.05) is 28.6 Å². The monoisotopic (exact) mass is 372 g/mol. The number of para-hydroxylation sites is 2. The van der Waals surface area contributed by atoms with E-state index >= 15 is 0 Å². The Bertz CT molecular complexity index is 1000. The molecule has 3 aromatic carbocycles. The minimum absolute atomic E-state index is 0.453. The van der Waals surface area contributed by atoms with Crippen LogP contribution in [0, 0.1) is 0 Å². The van der Waals surface area contributed by atoms with Crippen molar-refractivity contribution in [3.8, 4) is 11.1 Å². The van der Waals surface area contributed by atoms with Crippen molar-refractivity contribution in [2.24, 2.45) is 0 Å². The first-order chi connectivity index (χ1) is 13.7. The highest BCUT2D eigenvalue weighted by molar-refractivity contribution is 6.07. The van der Waals surface area contributed by atoms with E-state index in [4.69, 9.17) is 0 Å². The predicted molar refractivity (Wildman–Crippen MR) is 112 cm³/mol. The molecule has 1 aliphatic rings. The molecular formula is C22H20N4O2. The van der Waals surface area contributed by atoms with Gasteiger partial charge in [-0.1, -0.05) is 54.6 Å². The Balaban J connectivity index is 1.43. The third kappa shape index (κ3) is 3.81. The Morgan fingerprint density at radius 3 is 2.46 bits per heavy atom. The summed E-state index contributed by atoms with van der Waals surface area (Å²) < 4.78 is 0. The van der Waals surface area contributed by atoms with Gasteiger partial charge in [-0.15, -0.1) is 0 Å². The van der Waals surface area contributed by atoms with E-state index in [9.17, 15) is 9.59 Å².